The van der Waals surface area contributed by atoms with E-state index in [1.807, 2.05) is 0 Å². The standard InChI is InChI=1S/C2H6I3/c1-4-5(2)3/h1-2H3/q-1. The number of rotatable bonds is 1. The van der Waals surface area contributed by atoms with Gasteiger partial charge >= 0.3 is 57.6 Å². The van der Waals surface area contributed by atoms with Crippen LogP contribution < -0.4 is 17.2 Å². The molecule has 0 heterocycles. The van der Waals surface area contributed by atoms with Gasteiger partial charge in [0.1, 0.15) is 0 Å². The Labute approximate surface area is 56.3 Å². The van der Waals surface area contributed by atoms with Crippen molar-refractivity contribution in [1.29, 1.82) is 0 Å². The van der Waals surface area contributed by atoms with E-state index in [4.69, 9.17) is 0 Å². The van der Waals surface area contributed by atoms with Gasteiger partial charge in [0.25, 0.3) is 0 Å². The Morgan fingerprint density at radius 3 is 2.00 bits per heavy atom. The molecule has 5 heavy (non-hydrogen) atoms. The summed E-state index contributed by atoms with van der Waals surface area (Å²) in [5.41, 5.74) is 0. The summed E-state index contributed by atoms with van der Waals surface area (Å²) in [5.74, 6) is 0. The quantitative estimate of drug-likeness (QED) is 0.389. The molecule has 0 amide bonds. The minimum absolute atomic E-state index is 0.202. The molecule has 0 aliphatic heterocycles. The normalized spacial score (nSPS) is 12.2. The van der Waals surface area contributed by atoms with Gasteiger partial charge in [-0.1, -0.05) is 0 Å². The summed E-state index contributed by atoms with van der Waals surface area (Å²) in [6.07, 6.45) is 0. The van der Waals surface area contributed by atoms with E-state index in [0.717, 1.165) is 0 Å². The van der Waals surface area contributed by atoms with Gasteiger partial charge in [0.15, 0.2) is 0 Å². The second kappa shape index (κ2) is 4.35. The molecule has 0 aromatic rings. The first-order valence-corrected chi connectivity index (χ1v) is 17.9. The van der Waals surface area contributed by atoms with Crippen LogP contribution in [0.15, 0.2) is 0 Å². The van der Waals surface area contributed by atoms with Gasteiger partial charge < -0.3 is 0 Å². The van der Waals surface area contributed by atoms with Crippen molar-refractivity contribution in [3.63, 3.8) is 0 Å². The molecule has 3 heteroatoms. The molecular formula is C2H6I3-. The van der Waals surface area contributed by atoms with Crippen LogP contribution in [0.5, 0.6) is 0 Å². The molecule has 36 valence electrons. The van der Waals surface area contributed by atoms with Crippen molar-refractivity contribution in [3.05, 3.63) is 0 Å². The summed E-state index contributed by atoms with van der Waals surface area (Å²) in [5, 5.41) is 0. The van der Waals surface area contributed by atoms with Gasteiger partial charge in [-0.05, 0) is 0 Å². The van der Waals surface area contributed by atoms with Crippen molar-refractivity contribution < 1.29 is 17.2 Å². The van der Waals surface area contributed by atoms with E-state index in [-0.39, 0.29) is 11.9 Å². The number of hydrogen-bond acceptors (Lipinski definition) is 0. The van der Waals surface area contributed by atoms with Crippen molar-refractivity contribution in [2.24, 2.45) is 0 Å². The molecule has 0 atom stereocenters. The van der Waals surface area contributed by atoms with Gasteiger partial charge in [-0.3, -0.25) is 0 Å². The van der Waals surface area contributed by atoms with Crippen LogP contribution in [0.4, 0.5) is 0 Å². The van der Waals surface area contributed by atoms with Gasteiger partial charge in [0.05, 0.1) is 0 Å². The van der Waals surface area contributed by atoms with Crippen molar-refractivity contribution in [2.45, 2.75) is 0 Å². The summed E-state index contributed by atoms with van der Waals surface area (Å²) >= 11 is 3.10. The number of hydrogen-bond donors (Lipinski definition) is 0. The molecular weight excluding hydrogens is 405 g/mol. The predicted octanol–water partition coefficient (Wildman–Crippen LogP) is -0.894. The minimum atomic E-state index is -0.202. The molecule has 0 bridgehead atoms. The van der Waals surface area contributed by atoms with Gasteiger partial charge in [0, 0.05) is 0 Å². The van der Waals surface area contributed by atoms with Crippen LogP contribution in [-0.2, 0) is 0 Å². The Morgan fingerprint density at radius 1 is 1.80 bits per heavy atom. The summed E-state index contributed by atoms with van der Waals surface area (Å²) in [6, 6.07) is 0. The molecule has 0 saturated carbocycles. The zero-order valence-corrected chi connectivity index (χ0v) is 9.61. The molecule has 0 spiro atoms. The third kappa shape index (κ3) is 6.19. The van der Waals surface area contributed by atoms with E-state index in [1.54, 1.807) is 0 Å². The zero-order valence-electron chi connectivity index (χ0n) is 3.13. The second-order valence-corrected chi connectivity index (χ2v) is 35.6. The molecule has 0 saturated heterocycles. The molecule has 0 unspecified atom stereocenters. The van der Waals surface area contributed by atoms with Crippen LogP contribution in [-0.4, -0.2) is 9.86 Å². The third-order valence-electron chi connectivity index (χ3n) is 0.197. The van der Waals surface area contributed by atoms with Crippen LogP contribution in [0.1, 0.15) is 0 Å². The van der Waals surface area contributed by atoms with Gasteiger partial charge in [0.2, 0.25) is 0 Å². The van der Waals surface area contributed by atoms with Crippen molar-refractivity contribution in [1.82, 2.24) is 0 Å². The van der Waals surface area contributed by atoms with Crippen molar-refractivity contribution >= 4 is 30.5 Å². The van der Waals surface area contributed by atoms with Crippen LogP contribution in [0.25, 0.3) is 0 Å². The van der Waals surface area contributed by atoms with Crippen molar-refractivity contribution in [3.8, 4) is 0 Å². The third-order valence-corrected chi connectivity index (χ3v) is 22.7. The molecule has 0 fully saturated rings. The van der Waals surface area contributed by atoms with E-state index in [1.165, 1.54) is 0 Å². The van der Waals surface area contributed by atoms with Crippen molar-refractivity contribution in [2.75, 3.05) is 9.86 Å². The molecule has 0 aliphatic rings. The molecule has 0 aromatic heterocycles. The SMILES string of the molecule is C[I-]I(C)I. The van der Waals surface area contributed by atoms with Crippen LogP contribution in [0.2, 0.25) is 0 Å². The van der Waals surface area contributed by atoms with E-state index >= 15 is 0 Å². The molecule has 0 nitrogen and oxygen atoms in total. The Bertz CT molecular complexity index is 18.9. The van der Waals surface area contributed by atoms with Crippen LogP contribution >= 0.6 is 30.5 Å². The summed E-state index contributed by atoms with van der Waals surface area (Å²) in [4.78, 5) is 4.79. The maximum atomic E-state index is 2.61. The van der Waals surface area contributed by atoms with E-state index in [9.17, 15) is 0 Å². The monoisotopic (exact) mass is 411 g/mol. The molecule has 0 aliphatic carbocycles. The van der Waals surface area contributed by atoms with Crippen LogP contribution in [0, 0.1) is 0 Å². The Kier molecular flexibility index (Phi) is 6.26. The average Bonchev–Trinajstić information content (AvgIpc) is 1.38. The molecule has 0 aromatic carbocycles. The topological polar surface area (TPSA) is 0 Å². The van der Waals surface area contributed by atoms with Gasteiger partial charge in [-0.25, -0.2) is 0 Å². The van der Waals surface area contributed by atoms with E-state index < -0.39 is 0 Å². The first kappa shape index (κ1) is 7.19. The summed E-state index contributed by atoms with van der Waals surface area (Å²) in [7, 11) is 0. The Hall–Kier alpha value is 2.19. The summed E-state index contributed by atoms with van der Waals surface area (Å²) in [6.45, 7) is 0. The number of alkyl halides is 2. The zero-order chi connectivity index (χ0) is 4.28. The fourth-order valence-electron chi connectivity index (χ4n) is 0. The molecule has 0 radical (unpaired) electrons. The molecule has 0 rings (SSSR count). The fourth-order valence-corrected chi connectivity index (χ4v) is 0. The Morgan fingerprint density at radius 2 is 2.00 bits per heavy atom. The first-order valence-electron chi connectivity index (χ1n) is 1.04. The average molecular weight is 411 g/mol. The Balaban J connectivity index is 2.54. The van der Waals surface area contributed by atoms with Gasteiger partial charge in [-0.2, -0.15) is 0 Å². The second-order valence-electron chi connectivity index (χ2n) is 0.483. The number of halogens is 3. The van der Waals surface area contributed by atoms with E-state index in [2.05, 4.69) is 28.5 Å². The first-order chi connectivity index (χ1) is 2.27. The predicted molar refractivity (Wildman–Crippen MR) is 39.9 cm³/mol. The van der Waals surface area contributed by atoms with E-state index in [0.29, 0.717) is 17.2 Å². The fraction of sp³-hybridized carbons (Fsp3) is 1.00. The molecule has 0 N–H and O–H groups in total. The van der Waals surface area contributed by atoms with Gasteiger partial charge in [-0.15, -0.1) is 0 Å². The van der Waals surface area contributed by atoms with Crippen LogP contribution in [0.3, 0.4) is 0 Å². The summed E-state index contributed by atoms with van der Waals surface area (Å²) < 4.78 is 0. The maximum absolute atomic E-state index is 2.61.